The lowest BCUT2D eigenvalue weighted by Crippen LogP contribution is -2.24. The van der Waals surface area contributed by atoms with E-state index < -0.39 is 5.97 Å². The molecule has 0 saturated carbocycles. The summed E-state index contributed by atoms with van der Waals surface area (Å²) in [5.41, 5.74) is 0.876. The number of hydrogen-bond donors (Lipinski definition) is 1. The minimum atomic E-state index is -0.803. The summed E-state index contributed by atoms with van der Waals surface area (Å²) in [6.07, 6.45) is 0. The summed E-state index contributed by atoms with van der Waals surface area (Å²) in [6.45, 7) is 10.4. The molecule has 0 fully saturated rings. The largest absolute Gasteiger partial charge is 0.481 e. The van der Waals surface area contributed by atoms with Gasteiger partial charge in [-0.3, -0.25) is 9.48 Å². The molecule has 96 valence electrons. The van der Waals surface area contributed by atoms with Crippen LogP contribution in [0.15, 0.2) is 11.1 Å². The molecule has 5 heteroatoms. The van der Waals surface area contributed by atoms with Crippen LogP contribution in [0.2, 0.25) is 0 Å². The van der Waals surface area contributed by atoms with E-state index in [0.717, 1.165) is 10.7 Å². The predicted molar refractivity (Wildman–Crippen MR) is 69.7 cm³/mol. The second kappa shape index (κ2) is 5.12. The van der Waals surface area contributed by atoms with Gasteiger partial charge in [-0.25, -0.2) is 0 Å². The van der Waals surface area contributed by atoms with Crippen LogP contribution < -0.4 is 0 Å². The van der Waals surface area contributed by atoms with Gasteiger partial charge in [-0.15, -0.1) is 0 Å². The van der Waals surface area contributed by atoms with Gasteiger partial charge in [-0.1, -0.05) is 25.6 Å². The van der Waals surface area contributed by atoms with Crippen LogP contribution in [0.1, 0.15) is 46.2 Å². The van der Waals surface area contributed by atoms with Crippen LogP contribution >= 0.6 is 11.8 Å². The smallest absolute Gasteiger partial charge is 0.313 e. The van der Waals surface area contributed by atoms with E-state index in [1.165, 1.54) is 11.8 Å². The molecule has 0 amide bonds. The van der Waals surface area contributed by atoms with E-state index in [2.05, 4.69) is 39.7 Å². The number of carboxylic acid groups (broad SMARTS) is 1. The Morgan fingerprint density at radius 1 is 1.53 bits per heavy atom. The zero-order chi connectivity index (χ0) is 13.2. The molecule has 0 unspecified atom stereocenters. The molecule has 1 heterocycles. The van der Waals surface area contributed by atoms with Crippen LogP contribution in [0.3, 0.4) is 0 Å². The molecule has 0 aromatic carbocycles. The Balaban J connectivity index is 3.04. The van der Waals surface area contributed by atoms with Gasteiger partial charge in [0, 0.05) is 0 Å². The first-order valence-electron chi connectivity index (χ1n) is 5.67. The quantitative estimate of drug-likeness (QED) is 0.841. The van der Waals surface area contributed by atoms with Gasteiger partial charge in [0.2, 0.25) is 0 Å². The zero-order valence-electron chi connectivity index (χ0n) is 11.0. The maximum Gasteiger partial charge on any atom is 0.313 e. The molecule has 0 spiro atoms. The van der Waals surface area contributed by atoms with Gasteiger partial charge < -0.3 is 5.11 Å². The number of thioether (sulfide) groups is 1. The highest BCUT2D eigenvalue weighted by Gasteiger charge is 2.21. The minimum absolute atomic E-state index is 0.0688. The molecule has 1 N–H and O–H groups in total. The first kappa shape index (κ1) is 14.1. The van der Waals surface area contributed by atoms with Crippen LogP contribution in [-0.2, 0) is 10.3 Å². The van der Waals surface area contributed by atoms with Crippen molar-refractivity contribution in [3.8, 4) is 0 Å². The first-order valence-corrected chi connectivity index (χ1v) is 6.65. The van der Waals surface area contributed by atoms with Crippen molar-refractivity contribution in [1.29, 1.82) is 0 Å². The van der Waals surface area contributed by atoms with Crippen molar-refractivity contribution in [3.63, 3.8) is 0 Å². The van der Waals surface area contributed by atoms with Crippen molar-refractivity contribution in [3.05, 3.63) is 11.8 Å². The van der Waals surface area contributed by atoms with Crippen LogP contribution in [0.5, 0.6) is 0 Å². The van der Waals surface area contributed by atoms with E-state index in [4.69, 9.17) is 5.11 Å². The average Bonchev–Trinajstić information content (AvgIpc) is 2.57. The monoisotopic (exact) mass is 256 g/mol. The third-order valence-electron chi connectivity index (χ3n) is 2.27. The normalized spacial score (nSPS) is 12.1. The number of nitrogens with zero attached hydrogens (tertiary/aromatic N) is 2. The van der Waals surface area contributed by atoms with Crippen LogP contribution in [0, 0.1) is 0 Å². The van der Waals surface area contributed by atoms with Gasteiger partial charge in [0.05, 0.1) is 22.0 Å². The van der Waals surface area contributed by atoms with Gasteiger partial charge in [-0.2, -0.15) is 5.10 Å². The molecular weight excluding hydrogens is 236 g/mol. The number of aromatic nitrogens is 2. The molecule has 1 aromatic rings. The molecule has 0 saturated heterocycles. The summed E-state index contributed by atoms with van der Waals surface area (Å²) < 4.78 is 1.91. The van der Waals surface area contributed by atoms with Crippen molar-refractivity contribution in [1.82, 2.24) is 9.78 Å². The second-order valence-corrected chi connectivity index (χ2v) is 6.32. The fraction of sp³-hybridized carbons (Fsp3) is 0.667. The summed E-state index contributed by atoms with van der Waals surface area (Å²) in [5, 5.41) is 14.2. The molecule has 0 aliphatic carbocycles. The van der Waals surface area contributed by atoms with E-state index in [0.29, 0.717) is 5.92 Å². The summed E-state index contributed by atoms with van der Waals surface area (Å²) >= 11 is 1.32. The predicted octanol–water partition coefficient (Wildman–Crippen LogP) is 2.94. The lowest BCUT2D eigenvalue weighted by atomic mass is 10.1. The Hall–Kier alpha value is -0.970. The Kier molecular flexibility index (Phi) is 4.25. The molecule has 0 aliphatic rings. The zero-order valence-corrected chi connectivity index (χ0v) is 11.8. The maximum atomic E-state index is 10.6. The van der Waals surface area contributed by atoms with Crippen molar-refractivity contribution in [2.24, 2.45) is 0 Å². The third-order valence-corrected chi connectivity index (χ3v) is 3.24. The first-order chi connectivity index (χ1) is 7.71. The standard InChI is InChI=1S/C12H20N2O2S/c1-8(2)9-6-10(17-7-11(15)16)14(13-9)12(3,4)5/h6,8H,7H2,1-5H3,(H,15,16). The van der Waals surface area contributed by atoms with Gasteiger partial charge in [-0.05, 0) is 32.8 Å². The van der Waals surface area contributed by atoms with Crippen molar-refractivity contribution < 1.29 is 9.90 Å². The number of carbonyl (C=O) groups is 1. The van der Waals surface area contributed by atoms with Gasteiger partial charge in [0.1, 0.15) is 0 Å². The van der Waals surface area contributed by atoms with E-state index in [-0.39, 0.29) is 11.3 Å². The molecule has 0 radical (unpaired) electrons. The Morgan fingerprint density at radius 2 is 2.12 bits per heavy atom. The highest BCUT2D eigenvalue weighted by atomic mass is 32.2. The summed E-state index contributed by atoms with van der Waals surface area (Å²) in [5.74, 6) is -0.384. The fourth-order valence-electron chi connectivity index (χ4n) is 1.38. The molecule has 0 aliphatic heterocycles. The van der Waals surface area contributed by atoms with Crippen molar-refractivity contribution in [2.45, 2.75) is 51.1 Å². The van der Waals surface area contributed by atoms with Crippen LogP contribution in [0.4, 0.5) is 0 Å². The van der Waals surface area contributed by atoms with Gasteiger partial charge in [0.25, 0.3) is 0 Å². The van der Waals surface area contributed by atoms with Gasteiger partial charge >= 0.3 is 5.97 Å². The Bertz CT molecular complexity index is 405. The molecule has 17 heavy (non-hydrogen) atoms. The molecule has 0 atom stereocenters. The maximum absolute atomic E-state index is 10.6. The summed E-state index contributed by atoms with van der Waals surface area (Å²) in [4.78, 5) is 10.6. The van der Waals surface area contributed by atoms with Gasteiger partial charge in [0.15, 0.2) is 0 Å². The number of rotatable bonds is 4. The van der Waals surface area contributed by atoms with E-state index >= 15 is 0 Å². The molecule has 0 bridgehead atoms. The highest BCUT2D eigenvalue weighted by molar-refractivity contribution is 7.99. The van der Waals surface area contributed by atoms with Crippen LogP contribution in [-0.4, -0.2) is 26.6 Å². The topological polar surface area (TPSA) is 55.1 Å². The lowest BCUT2D eigenvalue weighted by Gasteiger charge is -2.21. The second-order valence-electron chi connectivity index (χ2n) is 5.33. The average molecular weight is 256 g/mol. The Labute approximate surface area is 106 Å². The van der Waals surface area contributed by atoms with Crippen molar-refractivity contribution in [2.75, 3.05) is 5.75 Å². The number of hydrogen-bond acceptors (Lipinski definition) is 3. The summed E-state index contributed by atoms with van der Waals surface area (Å²) in [7, 11) is 0. The highest BCUT2D eigenvalue weighted by Crippen LogP contribution is 2.28. The number of aliphatic carboxylic acids is 1. The Morgan fingerprint density at radius 3 is 2.53 bits per heavy atom. The van der Waals surface area contributed by atoms with Crippen molar-refractivity contribution >= 4 is 17.7 Å². The van der Waals surface area contributed by atoms with Crippen LogP contribution in [0.25, 0.3) is 0 Å². The fourth-order valence-corrected chi connectivity index (χ4v) is 2.29. The number of carboxylic acids is 1. The molecule has 1 aromatic heterocycles. The molecule has 4 nitrogen and oxygen atoms in total. The van der Waals surface area contributed by atoms with E-state index in [9.17, 15) is 4.79 Å². The minimum Gasteiger partial charge on any atom is -0.481 e. The SMILES string of the molecule is CC(C)c1cc(SCC(=O)O)n(C(C)(C)C)n1. The molecular formula is C12H20N2O2S. The molecule has 1 rings (SSSR count). The van der Waals surface area contributed by atoms with E-state index in [1.54, 1.807) is 0 Å². The van der Waals surface area contributed by atoms with E-state index in [1.807, 2.05) is 10.7 Å². The lowest BCUT2D eigenvalue weighted by molar-refractivity contribution is -0.133. The third kappa shape index (κ3) is 3.77. The summed E-state index contributed by atoms with van der Waals surface area (Å²) in [6, 6.07) is 1.99.